The van der Waals surface area contributed by atoms with E-state index in [1.54, 1.807) is 0 Å². The highest BCUT2D eigenvalue weighted by Gasteiger charge is 2.18. The molecule has 8 rings (SSSR count). The van der Waals surface area contributed by atoms with Gasteiger partial charge in [-0.05, 0) is 49.2 Å². The molecule has 5 heteroatoms. The molecule has 194 valence electrons. The van der Waals surface area contributed by atoms with E-state index >= 15 is 0 Å². The van der Waals surface area contributed by atoms with Gasteiger partial charge in [0.25, 0.3) is 0 Å². The predicted molar refractivity (Wildman–Crippen MR) is 166 cm³/mol. The van der Waals surface area contributed by atoms with Gasteiger partial charge < -0.3 is 4.42 Å². The van der Waals surface area contributed by atoms with Gasteiger partial charge in [0.05, 0.1) is 11.0 Å². The summed E-state index contributed by atoms with van der Waals surface area (Å²) in [5.41, 5.74) is 11.1. The Hall–Kier alpha value is -5.42. The van der Waals surface area contributed by atoms with Crippen LogP contribution in [0.2, 0.25) is 0 Å². The number of pyridine rings is 2. The van der Waals surface area contributed by atoms with Crippen LogP contribution in [-0.2, 0) is 0 Å². The molecule has 0 N–H and O–H groups in total. The summed E-state index contributed by atoms with van der Waals surface area (Å²) in [5.74, 6) is 0.663. The van der Waals surface area contributed by atoms with Gasteiger partial charge in [-0.3, -0.25) is 9.97 Å². The maximum absolute atomic E-state index is 6.26. The SMILES string of the molecule is Cc1ccc2ccc3c(-c4ccc(-c5nc(-c6ccccc6)c6oc7ccccc7c6n5)cc4)cc(C)nc3c2n1. The van der Waals surface area contributed by atoms with Gasteiger partial charge in [0, 0.05) is 38.7 Å². The molecule has 4 aromatic carbocycles. The van der Waals surface area contributed by atoms with Crippen LogP contribution < -0.4 is 0 Å². The summed E-state index contributed by atoms with van der Waals surface area (Å²) in [6.07, 6.45) is 0. The standard InChI is InChI=1S/C36H24N4O/c1-21-12-13-25-18-19-27-29(20-22(2)38-33(27)31(25)37-21)23-14-16-26(17-15-23)36-39-32(24-8-4-3-5-9-24)35-34(40-36)28-10-6-7-11-30(28)41-35/h3-20H,1-2H3. The van der Waals surface area contributed by atoms with Crippen molar-refractivity contribution in [2.45, 2.75) is 13.8 Å². The smallest absolute Gasteiger partial charge is 0.180 e. The number of rotatable bonds is 3. The highest BCUT2D eigenvalue weighted by molar-refractivity contribution is 6.09. The summed E-state index contributed by atoms with van der Waals surface area (Å²) < 4.78 is 6.26. The first kappa shape index (κ1) is 23.5. The van der Waals surface area contributed by atoms with E-state index in [4.69, 9.17) is 24.4 Å². The molecule has 0 radical (unpaired) electrons. The molecular formula is C36H24N4O. The van der Waals surface area contributed by atoms with Crippen molar-refractivity contribution in [3.05, 3.63) is 121 Å². The Labute approximate surface area is 236 Å². The lowest BCUT2D eigenvalue weighted by Gasteiger charge is -2.11. The van der Waals surface area contributed by atoms with E-state index in [0.29, 0.717) is 11.4 Å². The minimum atomic E-state index is 0.663. The van der Waals surface area contributed by atoms with Gasteiger partial charge in [0.1, 0.15) is 16.8 Å². The number of furan rings is 1. The summed E-state index contributed by atoms with van der Waals surface area (Å²) >= 11 is 0. The first-order valence-electron chi connectivity index (χ1n) is 13.7. The third-order valence-corrected chi connectivity index (χ3v) is 7.63. The Morgan fingerprint density at radius 2 is 1.24 bits per heavy atom. The third-order valence-electron chi connectivity index (χ3n) is 7.63. The van der Waals surface area contributed by atoms with Crippen molar-refractivity contribution in [1.29, 1.82) is 0 Å². The number of benzene rings is 4. The zero-order valence-electron chi connectivity index (χ0n) is 22.6. The van der Waals surface area contributed by atoms with Crippen LogP contribution in [0.25, 0.3) is 77.6 Å². The number of aromatic nitrogens is 4. The molecule has 0 amide bonds. The lowest BCUT2D eigenvalue weighted by atomic mass is 9.97. The molecular weight excluding hydrogens is 504 g/mol. The Bertz CT molecular complexity index is 2270. The van der Waals surface area contributed by atoms with Gasteiger partial charge in [-0.2, -0.15) is 0 Å². The maximum atomic E-state index is 6.26. The zero-order valence-corrected chi connectivity index (χ0v) is 22.6. The molecule has 0 aliphatic carbocycles. The van der Waals surface area contributed by atoms with Gasteiger partial charge in [0.15, 0.2) is 11.4 Å². The molecule has 0 spiro atoms. The molecule has 0 fully saturated rings. The summed E-state index contributed by atoms with van der Waals surface area (Å²) in [5, 5.41) is 3.16. The van der Waals surface area contributed by atoms with Crippen molar-refractivity contribution in [3.63, 3.8) is 0 Å². The monoisotopic (exact) mass is 528 g/mol. The number of fused-ring (bicyclic) bond motifs is 6. The number of hydrogen-bond acceptors (Lipinski definition) is 5. The highest BCUT2D eigenvalue weighted by Crippen LogP contribution is 2.37. The third kappa shape index (κ3) is 3.85. The number of para-hydroxylation sites is 1. The first-order valence-corrected chi connectivity index (χ1v) is 13.7. The fraction of sp³-hybridized carbons (Fsp3) is 0.0556. The molecule has 0 bridgehead atoms. The summed E-state index contributed by atoms with van der Waals surface area (Å²) in [7, 11) is 0. The van der Waals surface area contributed by atoms with E-state index < -0.39 is 0 Å². The predicted octanol–water partition coefficient (Wildman–Crippen LogP) is 9.09. The fourth-order valence-corrected chi connectivity index (χ4v) is 5.65. The van der Waals surface area contributed by atoms with Crippen LogP contribution in [0.1, 0.15) is 11.4 Å². The molecule has 0 unspecified atom stereocenters. The van der Waals surface area contributed by atoms with Crippen LogP contribution in [0.15, 0.2) is 114 Å². The molecule has 41 heavy (non-hydrogen) atoms. The molecule has 0 aliphatic rings. The van der Waals surface area contributed by atoms with Crippen LogP contribution in [0.4, 0.5) is 0 Å². The van der Waals surface area contributed by atoms with E-state index in [2.05, 4.69) is 60.7 Å². The first-order chi connectivity index (χ1) is 20.1. The second kappa shape index (κ2) is 9.07. The average molecular weight is 529 g/mol. The molecule has 5 nitrogen and oxygen atoms in total. The Kier molecular flexibility index (Phi) is 5.19. The fourth-order valence-electron chi connectivity index (χ4n) is 5.65. The van der Waals surface area contributed by atoms with Crippen LogP contribution in [0.5, 0.6) is 0 Å². The quantitative estimate of drug-likeness (QED) is 0.214. The van der Waals surface area contributed by atoms with E-state index in [-0.39, 0.29) is 0 Å². The zero-order chi connectivity index (χ0) is 27.5. The number of aryl methyl sites for hydroxylation is 2. The molecule has 0 atom stereocenters. The minimum absolute atomic E-state index is 0.663. The van der Waals surface area contributed by atoms with E-state index in [1.165, 1.54) is 0 Å². The largest absolute Gasteiger partial charge is 0.452 e. The topological polar surface area (TPSA) is 64.7 Å². The van der Waals surface area contributed by atoms with Crippen LogP contribution in [-0.4, -0.2) is 19.9 Å². The molecule has 0 saturated carbocycles. The highest BCUT2D eigenvalue weighted by atomic mass is 16.3. The second-order valence-corrected chi connectivity index (χ2v) is 10.4. The second-order valence-electron chi connectivity index (χ2n) is 10.4. The van der Waals surface area contributed by atoms with E-state index in [1.807, 2.05) is 62.4 Å². The molecule has 8 aromatic rings. The van der Waals surface area contributed by atoms with Gasteiger partial charge in [0.2, 0.25) is 0 Å². The molecule has 4 heterocycles. The number of nitrogens with zero attached hydrogens (tertiary/aromatic N) is 4. The van der Waals surface area contributed by atoms with Crippen molar-refractivity contribution in [2.24, 2.45) is 0 Å². The van der Waals surface area contributed by atoms with Gasteiger partial charge >= 0.3 is 0 Å². The molecule has 4 aromatic heterocycles. The van der Waals surface area contributed by atoms with Gasteiger partial charge in [-0.25, -0.2) is 9.97 Å². The lowest BCUT2D eigenvalue weighted by molar-refractivity contribution is 0.667. The van der Waals surface area contributed by atoms with E-state index in [9.17, 15) is 0 Å². The van der Waals surface area contributed by atoms with Gasteiger partial charge in [-0.15, -0.1) is 0 Å². The van der Waals surface area contributed by atoms with Crippen LogP contribution in [0.3, 0.4) is 0 Å². The Morgan fingerprint density at radius 1 is 0.512 bits per heavy atom. The lowest BCUT2D eigenvalue weighted by Crippen LogP contribution is -1.94. The Morgan fingerprint density at radius 3 is 2.10 bits per heavy atom. The van der Waals surface area contributed by atoms with Crippen molar-refractivity contribution < 1.29 is 4.42 Å². The van der Waals surface area contributed by atoms with Crippen molar-refractivity contribution in [3.8, 4) is 33.8 Å². The number of hydrogen-bond donors (Lipinski definition) is 0. The van der Waals surface area contributed by atoms with Crippen molar-refractivity contribution in [2.75, 3.05) is 0 Å². The van der Waals surface area contributed by atoms with Crippen molar-refractivity contribution in [1.82, 2.24) is 19.9 Å². The van der Waals surface area contributed by atoms with Crippen molar-refractivity contribution >= 4 is 43.9 Å². The summed E-state index contributed by atoms with van der Waals surface area (Å²) in [6, 6.07) is 37.2. The van der Waals surface area contributed by atoms with Gasteiger partial charge in [-0.1, -0.05) is 84.9 Å². The van der Waals surface area contributed by atoms with Crippen LogP contribution in [0, 0.1) is 13.8 Å². The van der Waals surface area contributed by atoms with E-state index in [0.717, 1.165) is 77.6 Å². The van der Waals surface area contributed by atoms with Crippen LogP contribution >= 0.6 is 0 Å². The normalized spacial score (nSPS) is 11.7. The summed E-state index contributed by atoms with van der Waals surface area (Å²) in [6.45, 7) is 4.05. The molecule has 0 saturated heterocycles. The average Bonchev–Trinajstić information content (AvgIpc) is 3.39. The summed E-state index contributed by atoms with van der Waals surface area (Å²) in [4.78, 5) is 19.7. The minimum Gasteiger partial charge on any atom is -0.452 e. The molecule has 0 aliphatic heterocycles. The maximum Gasteiger partial charge on any atom is 0.180 e. The Balaban J connectivity index is 1.29.